The van der Waals surface area contributed by atoms with Gasteiger partial charge in [-0.25, -0.2) is 0 Å². The molecule has 3 rings (SSSR count). The second-order valence-electron chi connectivity index (χ2n) is 7.22. The van der Waals surface area contributed by atoms with E-state index in [1.165, 1.54) is 25.7 Å². The number of fused-ring (bicyclic) bond motifs is 2. The van der Waals surface area contributed by atoms with E-state index in [0.29, 0.717) is 18.6 Å². The van der Waals surface area contributed by atoms with E-state index < -0.39 is 0 Å². The molecule has 0 radical (unpaired) electrons. The van der Waals surface area contributed by atoms with Gasteiger partial charge in [0.15, 0.2) is 0 Å². The quantitative estimate of drug-likeness (QED) is 0.813. The molecule has 1 saturated heterocycles. The van der Waals surface area contributed by atoms with Gasteiger partial charge in [0.25, 0.3) is 0 Å². The van der Waals surface area contributed by atoms with Gasteiger partial charge in [-0.2, -0.15) is 0 Å². The van der Waals surface area contributed by atoms with Gasteiger partial charge in [0.05, 0.1) is 6.54 Å². The summed E-state index contributed by atoms with van der Waals surface area (Å²) in [5.74, 6) is 2.79. The number of nitrogens with zero attached hydrogens (tertiary/aromatic N) is 1. The first-order chi connectivity index (χ1) is 9.63. The topological polar surface area (TPSA) is 44.4 Å². The van der Waals surface area contributed by atoms with Crippen LogP contribution in [0.1, 0.15) is 39.5 Å². The standard InChI is InChI=1S/C16H29N3O/c1-11-9-17-5-6-19(11)10-16(20)18-12(2)15-8-13-3-4-14(15)7-13/h11-15,17H,3-10H2,1-2H3,(H,18,20)/t11-,12?,13?,14?,15?/m0/s1. The average Bonchev–Trinajstić information content (AvgIpc) is 3.03. The van der Waals surface area contributed by atoms with Crippen molar-refractivity contribution in [2.75, 3.05) is 26.2 Å². The van der Waals surface area contributed by atoms with Crippen LogP contribution in [0.3, 0.4) is 0 Å². The van der Waals surface area contributed by atoms with Gasteiger partial charge in [0.1, 0.15) is 0 Å². The molecule has 2 aliphatic carbocycles. The molecule has 4 heteroatoms. The van der Waals surface area contributed by atoms with E-state index in [4.69, 9.17) is 0 Å². The van der Waals surface area contributed by atoms with Gasteiger partial charge in [-0.3, -0.25) is 9.69 Å². The van der Waals surface area contributed by atoms with Crippen LogP contribution in [0.15, 0.2) is 0 Å². The second-order valence-corrected chi connectivity index (χ2v) is 7.22. The summed E-state index contributed by atoms with van der Waals surface area (Å²) < 4.78 is 0. The van der Waals surface area contributed by atoms with Gasteiger partial charge in [0, 0.05) is 31.7 Å². The van der Waals surface area contributed by atoms with E-state index in [2.05, 4.69) is 29.4 Å². The Morgan fingerprint density at radius 3 is 2.90 bits per heavy atom. The lowest BCUT2D eigenvalue weighted by molar-refractivity contribution is -0.124. The zero-order chi connectivity index (χ0) is 14.1. The predicted octanol–water partition coefficient (Wildman–Crippen LogP) is 1.22. The van der Waals surface area contributed by atoms with Gasteiger partial charge in [0.2, 0.25) is 5.91 Å². The summed E-state index contributed by atoms with van der Waals surface area (Å²) >= 11 is 0. The van der Waals surface area contributed by atoms with Gasteiger partial charge >= 0.3 is 0 Å². The first kappa shape index (κ1) is 14.3. The Kier molecular flexibility index (Phi) is 4.32. The van der Waals surface area contributed by atoms with Crippen molar-refractivity contribution in [2.24, 2.45) is 17.8 Å². The lowest BCUT2D eigenvalue weighted by Gasteiger charge is -2.34. The van der Waals surface area contributed by atoms with Gasteiger partial charge in [-0.1, -0.05) is 6.42 Å². The van der Waals surface area contributed by atoms with Crippen LogP contribution in [-0.4, -0.2) is 49.1 Å². The molecule has 0 aromatic carbocycles. The zero-order valence-corrected chi connectivity index (χ0v) is 12.9. The van der Waals surface area contributed by atoms with Crippen molar-refractivity contribution in [3.63, 3.8) is 0 Å². The van der Waals surface area contributed by atoms with Crippen LogP contribution in [0.25, 0.3) is 0 Å². The third kappa shape index (κ3) is 3.01. The molecule has 2 N–H and O–H groups in total. The molecular formula is C16H29N3O. The fourth-order valence-corrected chi connectivity index (χ4v) is 4.62. The molecule has 3 aliphatic rings. The smallest absolute Gasteiger partial charge is 0.234 e. The highest BCUT2D eigenvalue weighted by molar-refractivity contribution is 5.78. The third-order valence-corrected chi connectivity index (χ3v) is 5.81. The molecule has 0 spiro atoms. The van der Waals surface area contributed by atoms with E-state index in [1.54, 1.807) is 0 Å². The normalized spacial score (nSPS) is 38.9. The summed E-state index contributed by atoms with van der Waals surface area (Å²) in [6, 6.07) is 0.823. The van der Waals surface area contributed by atoms with Gasteiger partial charge in [-0.05, 0) is 50.9 Å². The summed E-state index contributed by atoms with van der Waals surface area (Å²) in [7, 11) is 0. The summed E-state index contributed by atoms with van der Waals surface area (Å²) in [6.07, 6.45) is 5.58. The van der Waals surface area contributed by atoms with Crippen molar-refractivity contribution >= 4 is 5.91 Å². The van der Waals surface area contributed by atoms with E-state index in [0.717, 1.165) is 37.4 Å². The summed E-state index contributed by atoms with van der Waals surface area (Å²) in [6.45, 7) is 7.95. The number of carbonyl (C=O) groups is 1. The zero-order valence-electron chi connectivity index (χ0n) is 12.9. The summed E-state index contributed by atoms with van der Waals surface area (Å²) in [5.41, 5.74) is 0. The van der Waals surface area contributed by atoms with Crippen molar-refractivity contribution in [1.29, 1.82) is 0 Å². The third-order valence-electron chi connectivity index (χ3n) is 5.81. The largest absolute Gasteiger partial charge is 0.352 e. The Hall–Kier alpha value is -0.610. The van der Waals surface area contributed by atoms with Crippen molar-refractivity contribution in [2.45, 2.75) is 51.6 Å². The fourth-order valence-electron chi connectivity index (χ4n) is 4.62. The number of amides is 1. The Morgan fingerprint density at radius 1 is 1.40 bits per heavy atom. The number of rotatable bonds is 4. The molecule has 20 heavy (non-hydrogen) atoms. The van der Waals surface area contributed by atoms with E-state index >= 15 is 0 Å². The SMILES string of the molecule is CC(NC(=O)CN1CCNC[C@@H]1C)C1CC2CCC1C2. The predicted molar refractivity (Wildman–Crippen MR) is 80.4 cm³/mol. The fraction of sp³-hybridized carbons (Fsp3) is 0.938. The van der Waals surface area contributed by atoms with Crippen LogP contribution in [0.4, 0.5) is 0 Å². The maximum Gasteiger partial charge on any atom is 0.234 e. The van der Waals surface area contributed by atoms with Crippen molar-refractivity contribution in [1.82, 2.24) is 15.5 Å². The molecule has 4 unspecified atom stereocenters. The minimum Gasteiger partial charge on any atom is -0.352 e. The molecular weight excluding hydrogens is 250 g/mol. The Balaban J connectivity index is 1.46. The molecule has 4 nitrogen and oxygen atoms in total. The number of nitrogens with one attached hydrogen (secondary N) is 2. The Morgan fingerprint density at radius 2 is 2.25 bits per heavy atom. The summed E-state index contributed by atoms with van der Waals surface area (Å²) in [5, 5.41) is 6.64. The van der Waals surface area contributed by atoms with Crippen molar-refractivity contribution in [3.05, 3.63) is 0 Å². The van der Waals surface area contributed by atoms with Crippen LogP contribution in [0.2, 0.25) is 0 Å². The molecule has 5 atom stereocenters. The van der Waals surface area contributed by atoms with Crippen molar-refractivity contribution < 1.29 is 4.79 Å². The maximum absolute atomic E-state index is 12.3. The highest BCUT2D eigenvalue weighted by atomic mass is 16.2. The van der Waals surface area contributed by atoms with Crippen LogP contribution in [0, 0.1) is 17.8 Å². The molecule has 1 amide bonds. The monoisotopic (exact) mass is 279 g/mol. The lowest BCUT2D eigenvalue weighted by atomic mass is 9.84. The minimum atomic E-state index is 0.217. The molecule has 0 aromatic rings. The maximum atomic E-state index is 12.3. The molecule has 3 fully saturated rings. The molecule has 1 heterocycles. The Labute approximate surface area is 122 Å². The molecule has 2 saturated carbocycles. The first-order valence-corrected chi connectivity index (χ1v) is 8.37. The molecule has 2 bridgehead atoms. The van der Waals surface area contributed by atoms with Crippen molar-refractivity contribution in [3.8, 4) is 0 Å². The van der Waals surface area contributed by atoms with Crippen LogP contribution < -0.4 is 10.6 Å². The molecule has 0 aromatic heterocycles. The van der Waals surface area contributed by atoms with Crippen LogP contribution in [-0.2, 0) is 4.79 Å². The van der Waals surface area contributed by atoms with E-state index in [-0.39, 0.29) is 5.91 Å². The van der Waals surface area contributed by atoms with E-state index in [1.807, 2.05) is 0 Å². The lowest BCUT2D eigenvalue weighted by Crippen LogP contribution is -2.54. The highest BCUT2D eigenvalue weighted by Gasteiger charge is 2.42. The van der Waals surface area contributed by atoms with Crippen LogP contribution in [0.5, 0.6) is 0 Å². The first-order valence-electron chi connectivity index (χ1n) is 8.37. The average molecular weight is 279 g/mol. The minimum absolute atomic E-state index is 0.217. The number of hydrogen-bond acceptors (Lipinski definition) is 3. The van der Waals surface area contributed by atoms with Crippen LogP contribution >= 0.6 is 0 Å². The number of carbonyl (C=O) groups excluding carboxylic acids is 1. The van der Waals surface area contributed by atoms with Gasteiger partial charge in [-0.15, -0.1) is 0 Å². The highest BCUT2D eigenvalue weighted by Crippen LogP contribution is 2.49. The van der Waals surface area contributed by atoms with E-state index in [9.17, 15) is 4.79 Å². The number of hydrogen-bond donors (Lipinski definition) is 2. The Bertz CT molecular complexity index is 360. The second kappa shape index (κ2) is 6.02. The number of piperazine rings is 1. The molecule has 114 valence electrons. The summed E-state index contributed by atoms with van der Waals surface area (Å²) in [4.78, 5) is 14.5. The molecule has 1 aliphatic heterocycles. The van der Waals surface area contributed by atoms with Gasteiger partial charge < -0.3 is 10.6 Å².